The van der Waals surface area contributed by atoms with Gasteiger partial charge in [0.15, 0.2) is 5.65 Å². The molecule has 1 amide bonds. The molecule has 0 bridgehead atoms. The largest absolute Gasteiger partial charge is 0.417 e. The number of carbonyl (C=O) groups excluding carboxylic acids is 1. The molecule has 152 valence electrons. The number of nitrogens with zero attached hydrogens (tertiary/aromatic N) is 5. The van der Waals surface area contributed by atoms with Crippen molar-refractivity contribution in [3.05, 3.63) is 54.0 Å². The highest BCUT2D eigenvalue weighted by Gasteiger charge is 2.32. The van der Waals surface area contributed by atoms with Crippen molar-refractivity contribution in [3.8, 4) is 0 Å². The summed E-state index contributed by atoms with van der Waals surface area (Å²) in [5, 5.41) is 10.9. The summed E-state index contributed by atoms with van der Waals surface area (Å²) >= 11 is 0. The summed E-state index contributed by atoms with van der Waals surface area (Å²) < 4.78 is 40.5. The van der Waals surface area contributed by atoms with Gasteiger partial charge in [-0.1, -0.05) is 0 Å². The maximum atomic E-state index is 13.1. The van der Waals surface area contributed by atoms with E-state index in [2.05, 4.69) is 20.5 Å². The van der Waals surface area contributed by atoms with Gasteiger partial charge in [-0.15, -0.1) is 10.2 Å². The molecule has 4 rings (SSSR count). The number of hydrogen-bond acceptors (Lipinski definition) is 5. The number of nitrogens with one attached hydrogen (secondary N) is 1. The summed E-state index contributed by atoms with van der Waals surface area (Å²) in [4.78, 5) is 18.4. The highest BCUT2D eigenvalue weighted by atomic mass is 19.4. The number of halogens is 3. The number of amides is 1. The van der Waals surface area contributed by atoms with Crippen molar-refractivity contribution in [3.63, 3.8) is 0 Å². The molecule has 7 nitrogen and oxygen atoms in total. The Labute approximate surface area is 164 Å². The van der Waals surface area contributed by atoms with Gasteiger partial charge >= 0.3 is 6.18 Å². The molecule has 0 aromatic carbocycles. The highest BCUT2D eigenvalue weighted by Crippen LogP contribution is 2.30. The van der Waals surface area contributed by atoms with E-state index in [1.807, 2.05) is 17.0 Å². The van der Waals surface area contributed by atoms with Gasteiger partial charge < -0.3 is 10.2 Å². The second-order valence-electron chi connectivity index (χ2n) is 7.00. The monoisotopic (exact) mass is 404 g/mol. The molecular weight excluding hydrogens is 385 g/mol. The first-order valence-electron chi connectivity index (χ1n) is 9.25. The molecule has 1 N–H and O–H groups in total. The van der Waals surface area contributed by atoms with Crippen LogP contribution in [0.3, 0.4) is 0 Å². The molecular formula is C19H19F3N6O. The van der Waals surface area contributed by atoms with E-state index >= 15 is 0 Å². The van der Waals surface area contributed by atoms with E-state index in [4.69, 9.17) is 0 Å². The number of anilines is 1. The third-order valence-electron chi connectivity index (χ3n) is 5.00. The molecule has 1 atom stereocenters. The van der Waals surface area contributed by atoms with Crippen LogP contribution in [0.2, 0.25) is 0 Å². The molecule has 3 aromatic rings. The summed E-state index contributed by atoms with van der Waals surface area (Å²) in [6, 6.07) is 5.93. The molecule has 1 unspecified atom stereocenters. The van der Waals surface area contributed by atoms with Crippen LogP contribution in [0, 0.1) is 5.92 Å². The van der Waals surface area contributed by atoms with Gasteiger partial charge in [-0.3, -0.25) is 14.2 Å². The number of fused-ring (bicyclic) bond motifs is 1. The summed E-state index contributed by atoms with van der Waals surface area (Å²) in [6.07, 6.45) is 1.32. The molecule has 10 heteroatoms. The first-order valence-corrected chi connectivity index (χ1v) is 9.25. The Morgan fingerprint density at radius 2 is 1.97 bits per heavy atom. The van der Waals surface area contributed by atoms with Gasteiger partial charge in [0, 0.05) is 38.2 Å². The topological polar surface area (TPSA) is 75.4 Å². The van der Waals surface area contributed by atoms with Crippen molar-refractivity contribution in [1.82, 2.24) is 24.9 Å². The fraction of sp³-hybridized carbons (Fsp3) is 0.368. The zero-order valence-corrected chi connectivity index (χ0v) is 15.4. The number of carbonyl (C=O) groups is 1. The first kappa shape index (κ1) is 19.2. The van der Waals surface area contributed by atoms with Gasteiger partial charge in [0.25, 0.3) is 0 Å². The number of aromatic nitrogens is 4. The Balaban J connectivity index is 1.49. The Kier molecular flexibility index (Phi) is 5.08. The van der Waals surface area contributed by atoms with E-state index in [0.29, 0.717) is 37.7 Å². The van der Waals surface area contributed by atoms with Crippen LogP contribution in [-0.4, -0.2) is 38.6 Å². The quantitative estimate of drug-likeness (QED) is 0.724. The van der Waals surface area contributed by atoms with E-state index < -0.39 is 11.7 Å². The SMILES string of the molecule is O=C(NCc1ccncc1)C1CCCN(c2nnc3ccc(C(F)(F)F)cn23)C1. The van der Waals surface area contributed by atoms with E-state index in [1.54, 1.807) is 12.4 Å². The van der Waals surface area contributed by atoms with Crippen LogP contribution in [0.15, 0.2) is 42.9 Å². The maximum absolute atomic E-state index is 13.1. The smallest absolute Gasteiger partial charge is 0.352 e. The standard InChI is InChI=1S/C19H19F3N6O/c20-19(21,22)15-3-4-16-25-26-18(28(16)12-15)27-9-1-2-14(11-27)17(29)24-10-13-5-7-23-8-6-13/h3-8,12,14H,1-2,9-11H2,(H,24,29). The van der Waals surface area contributed by atoms with E-state index in [1.165, 1.54) is 10.5 Å². The first-order chi connectivity index (χ1) is 13.9. The van der Waals surface area contributed by atoms with Gasteiger partial charge in [-0.2, -0.15) is 13.2 Å². The molecule has 1 aliphatic heterocycles. The molecule has 4 heterocycles. The minimum Gasteiger partial charge on any atom is -0.352 e. The minimum absolute atomic E-state index is 0.0867. The van der Waals surface area contributed by atoms with Crippen LogP contribution in [0.4, 0.5) is 19.1 Å². The summed E-state index contributed by atoms with van der Waals surface area (Å²) in [7, 11) is 0. The zero-order chi connectivity index (χ0) is 20.4. The average Bonchev–Trinajstić information content (AvgIpc) is 3.15. The van der Waals surface area contributed by atoms with E-state index in [-0.39, 0.29) is 11.8 Å². The lowest BCUT2D eigenvalue weighted by Crippen LogP contribution is -2.43. The Morgan fingerprint density at radius 3 is 2.72 bits per heavy atom. The molecule has 1 saturated heterocycles. The van der Waals surface area contributed by atoms with Crippen molar-refractivity contribution in [2.75, 3.05) is 18.0 Å². The Bertz CT molecular complexity index is 1000. The second kappa shape index (κ2) is 7.69. The fourth-order valence-corrected chi connectivity index (χ4v) is 3.47. The number of rotatable bonds is 4. The predicted molar refractivity (Wildman–Crippen MR) is 99.0 cm³/mol. The highest BCUT2D eigenvalue weighted by molar-refractivity contribution is 5.79. The molecule has 1 fully saturated rings. The minimum atomic E-state index is -4.45. The van der Waals surface area contributed by atoms with Crippen molar-refractivity contribution in [2.45, 2.75) is 25.6 Å². The van der Waals surface area contributed by atoms with Gasteiger partial charge in [0.2, 0.25) is 11.9 Å². The lowest BCUT2D eigenvalue weighted by atomic mass is 9.97. The maximum Gasteiger partial charge on any atom is 0.417 e. The van der Waals surface area contributed by atoms with Crippen LogP contribution in [0.5, 0.6) is 0 Å². The van der Waals surface area contributed by atoms with Crippen LogP contribution < -0.4 is 10.2 Å². The lowest BCUT2D eigenvalue weighted by molar-refractivity contribution is -0.137. The van der Waals surface area contributed by atoms with Crippen LogP contribution in [0.1, 0.15) is 24.0 Å². The number of alkyl halides is 3. The Hall–Kier alpha value is -3.17. The number of pyridine rings is 2. The second-order valence-corrected chi connectivity index (χ2v) is 7.00. The third-order valence-corrected chi connectivity index (χ3v) is 5.00. The van der Waals surface area contributed by atoms with Crippen LogP contribution >= 0.6 is 0 Å². The number of piperidine rings is 1. The fourth-order valence-electron chi connectivity index (χ4n) is 3.47. The zero-order valence-electron chi connectivity index (χ0n) is 15.4. The summed E-state index contributed by atoms with van der Waals surface area (Å²) in [6.45, 7) is 1.38. The summed E-state index contributed by atoms with van der Waals surface area (Å²) in [5.74, 6) is -0.0437. The molecule has 0 spiro atoms. The lowest BCUT2D eigenvalue weighted by Gasteiger charge is -2.32. The van der Waals surface area contributed by atoms with Crippen molar-refractivity contribution in [1.29, 1.82) is 0 Å². The van der Waals surface area contributed by atoms with Gasteiger partial charge in [-0.05, 0) is 42.7 Å². The molecule has 0 aliphatic carbocycles. The normalized spacial score (nSPS) is 17.5. The molecule has 1 aliphatic rings. The Morgan fingerprint density at radius 1 is 1.17 bits per heavy atom. The van der Waals surface area contributed by atoms with E-state index in [9.17, 15) is 18.0 Å². The van der Waals surface area contributed by atoms with Gasteiger partial charge in [0.05, 0.1) is 11.5 Å². The molecule has 29 heavy (non-hydrogen) atoms. The summed E-state index contributed by atoms with van der Waals surface area (Å²) in [5.41, 5.74) is 0.510. The van der Waals surface area contributed by atoms with Crippen molar-refractivity contribution >= 4 is 17.5 Å². The predicted octanol–water partition coefficient (Wildman–Crippen LogP) is 2.68. The third kappa shape index (κ3) is 4.15. The number of hydrogen-bond donors (Lipinski definition) is 1. The van der Waals surface area contributed by atoms with Crippen LogP contribution in [0.25, 0.3) is 5.65 Å². The molecule has 0 saturated carbocycles. The van der Waals surface area contributed by atoms with Crippen molar-refractivity contribution in [2.24, 2.45) is 5.92 Å². The van der Waals surface area contributed by atoms with E-state index in [0.717, 1.165) is 24.2 Å². The molecule has 3 aromatic heterocycles. The van der Waals surface area contributed by atoms with Crippen LogP contribution in [-0.2, 0) is 17.5 Å². The van der Waals surface area contributed by atoms with Gasteiger partial charge in [0.1, 0.15) is 0 Å². The van der Waals surface area contributed by atoms with Crippen molar-refractivity contribution < 1.29 is 18.0 Å². The average molecular weight is 404 g/mol. The van der Waals surface area contributed by atoms with Gasteiger partial charge in [-0.25, -0.2) is 0 Å². The molecule has 0 radical (unpaired) electrons.